The fourth-order valence-electron chi connectivity index (χ4n) is 1.43. The highest BCUT2D eigenvalue weighted by molar-refractivity contribution is 7.87. The highest BCUT2D eigenvalue weighted by Gasteiger charge is 2.34. The Morgan fingerprint density at radius 3 is 1.21 bits per heavy atom. The molecular weight excluding hydrogens is 296 g/mol. The second-order valence-corrected chi connectivity index (χ2v) is 8.40. The Hall–Kier alpha value is -0.220. The monoisotopic (exact) mass is 318 g/mol. The molecule has 7 nitrogen and oxygen atoms in total. The Morgan fingerprint density at radius 2 is 1.05 bits per heavy atom. The smallest absolute Gasteiger partial charge is 0.292 e. The molecule has 0 bridgehead atoms. The van der Waals surface area contributed by atoms with Gasteiger partial charge in [-0.15, -0.1) is 0 Å². The molecule has 0 aliphatic heterocycles. The van der Waals surface area contributed by atoms with Crippen molar-refractivity contribution in [3.8, 4) is 0 Å². The molecule has 0 fully saturated rings. The van der Waals surface area contributed by atoms with Gasteiger partial charge in [-0.3, -0.25) is 9.11 Å². The van der Waals surface area contributed by atoms with Gasteiger partial charge >= 0.3 is 0 Å². The average Bonchev–Trinajstić information content (AvgIpc) is 2.10. The molecule has 0 aromatic heterocycles. The molecular formula is C10H22O7S2. The topological polar surface area (TPSA) is 118 Å². The molecule has 0 rings (SSSR count). The van der Waals surface area contributed by atoms with Crippen LogP contribution in [0.15, 0.2) is 0 Å². The lowest BCUT2D eigenvalue weighted by Crippen LogP contribution is -2.35. The summed E-state index contributed by atoms with van der Waals surface area (Å²) in [6, 6.07) is 0. The van der Waals surface area contributed by atoms with Crippen LogP contribution in [0.25, 0.3) is 0 Å². The van der Waals surface area contributed by atoms with Crippen molar-refractivity contribution in [3.63, 3.8) is 0 Å². The molecule has 0 heterocycles. The Bertz CT molecular complexity index is 420. The maximum Gasteiger partial charge on any atom is 0.292 e. The molecule has 116 valence electrons. The Kier molecular flexibility index (Phi) is 6.90. The van der Waals surface area contributed by atoms with E-state index in [2.05, 4.69) is 0 Å². The highest BCUT2D eigenvalue weighted by Crippen LogP contribution is 2.21. The zero-order valence-corrected chi connectivity index (χ0v) is 13.1. The van der Waals surface area contributed by atoms with E-state index in [1.54, 1.807) is 27.7 Å². The third kappa shape index (κ3) is 7.83. The van der Waals surface area contributed by atoms with Crippen LogP contribution in [0, 0.1) is 11.8 Å². The lowest BCUT2D eigenvalue weighted by molar-refractivity contribution is 0.0458. The van der Waals surface area contributed by atoms with Crippen molar-refractivity contribution >= 4 is 20.2 Å². The largest absolute Gasteiger partial charge is 0.338 e. The molecule has 19 heavy (non-hydrogen) atoms. The normalized spacial score (nSPS) is 16.8. The number of hydrogen-bond acceptors (Lipinski definition) is 5. The third-order valence-corrected chi connectivity index (χ3v) is 4.23. The molecule has 9 heteroatoms. The van der Waals surface area contributed by atoms with E-state index in [4.69, 9.17) is 13.8 Å². The first-order valence-corrected chi connectivity index (χ1v) is 8.92. The Morgan fingerprint density at radius 1 is 0.789 bits per heavy atom. The minimum atomic E-state index is -4.55. The van der Waals surface area contributed by atoms with Gasteiger partial charge in [0.15, 0.2) is 10.9 Å². The van der Waals surface area contributed by atoms with Crippen LogP contribution in [0.2, 0.25) is 0 Å². The maximum absolute atomic E-state index is 11.2. The molecule has 0 aliphatic rings. The second-order valence-electron chi connectivity index (χ2n) is 5.28. The molecule has 2 N–H and O–H groups in total. The number of ether oxygens (including phenoxy) is 1. The first-order valence-electron chi connectivity index (χ1n) is 5.92. The van der Waals surface area contributed by atoms with Crippen molar-refractivity contribution < 1.29 is 30.7 Å². The summed E-state index contributed by atoms with van der Waals surface area (Å²) >= 11 is 0. The molecule has 2 unspecified atom stereocenters. The van der Waals surface area contributed by atoms with E-state index >= 15 is 0 Å². The summed E-state index contributed by atoms with van der Waals surface area (Å²) in [7, 11) is -9.10. The van der Waals surface area contributed by atoms with Crippen LogP contribution in [-0.4, -0.2) is 36.8 Å². The lowest BCUT2D eigenvalue weighted by atomic mass is 10.1. The predicted octanol–water partition coefficient (Wildman–Crippen LogP) is 1.52. The molecule has 0 amide bonds. The van der Waals surface area contributed by atoms with Gasteiger partial charge in [0.25, 0.3) is 20.2 Å². The van der Waals surface area contributed by atoms with Gasteiger partial charge in [-0.2, -0.15) is 16.8 Å². The molecule has 0 aromatic carbocycles. The average molecular weight is 318 g/mol. The lowest BCUT2D eigenvalue weighted by Gasteiger charge is -2.23. The predicted molar refractivity (Wildman–Crippen MR) is 70.7 cm³/mol. The van der Waals surface area contributed by atoms with E-state index in [1.807, 2.05) is 0 Å². The fraction of sp³-hybridized carbons (Fsp3) is 1.00. The molecule has 0 saturated carbocycles. The van der Waals surface area contributed by atoms with Crippen LogP contribution >= 0.6 is 0 Å². The summed E-state index contributed by atoms with van der Waals surface area (Å²) in [6.45, 7) is 6.80. The van der Waals surface area contributed by atoms with E-state index in [0.29, 0.717) is 0 Å². The third-order valence-electron chi connectivity index (χ3n) is 2.30. The summed E-state index contributed by atoms with van der Waals surface area (Å²) in [6.07, 6.45) is -0.133. The van der Waals surface area contributed by atoms with Gasteiger partial charge in [-0.1, -0.05) is 27.7 Å². The van der Waals surface area contributed by atoms with Gasteiger partial charge < -0.3 is 4.74 Å². The first kappa shape index (κ1) is 18.8. The van der Waals surface area contributed by atoms with Gasteiger partial charge in [0.1, 0.15) is 0 Å². The summed E-state index contributed by atoms with van der Waals surface area (Å²) in [5.41, 5.74) is -3.34. The molecule has 0 radical (unpaired) electrons. The number of rotatable bonds is 8. The van der Waals surface area contributed by atoms with Crippen LogP contribution in [0.5, 0.6) is 0 Å². The van der Waals surface area contributed by atoms with Crippen molar-refractivity contribution in [3.05, 3.63) is 0 Å². The summed E-state index contributed by atoms with van der Waals surface area (Å²) < 4.78 is 67.7. The van der Waals surface area contributed by atoms with Crippen LogP contribution < -0.4 is 0 Å². The van der Waals surface area contributed by atoms with E-state index in [1.165, 1.54) is 0 Å². The Balaban J connectivity index is 5.16. The van der Waals surface area contributed by atoms with Crippen molar-refractivity contribution in [1.82, 2.24) is 0 Å². The zero-order valence-electron chi connectivity index (χ0n) is 11.5. The van der Waals surface area contributed by atoms with Crippen LogP contribution in [-0.2, 0) is 25.0 Å². The molecule has 0 aliphatic carbocycles. The van der Waals surface area contributed by atoms with Gasteiger partial charge in [-0.25, -0.2) is 0 Å². The highest BCUT2D eigenvalue weighted by atomic mass is 32.2. The Labute approximate surface area is 114 Å². The number of hydrogen-bond donors (Lipinski definition) is 2. The van der Waals surface area contributed by atoms with E-state index in [-0.39, 0.29) is 24.7 Å². The van der Waals surface area contributed by atoms with Gasteiger partial charge in [0.2, 0.25) is 0 Å². The van der Waals surface area contributed by atoms with Crippen LogP contribution in [0.4, 0.5) is 0 Å². The minimum Gasteiger partial charge on any atom is -0.338 e. The summed E-state index contributed by atoms with van der Waals surface area (Å²) in [5, 5.41) is 0. The summed E-state index contributed by atoms with van der Waals surface area (Å²) in [5.74, 6) is -0.263. The zero-order chi connectivity index (χ0) is 15.4. The van der Waals surface area contributed by atoms with Crippen molar-refractivity contribution in [2.45, 2.75) is 51.4 Å². The van der Waals surface area contributed by atoms with Gasteiger partial charge in [0.05, 0.1) is 0 Å². The van der Waals surface area contributed by atoms with E-state index in [0.717, 1.165) is 0 Å². The van der Waals surface area contributed by atoms with Crippen LogP contribution in [0.1, 0.15) is 40.5 Å². The molecule has 0 saturated heterocycles. The van der Waals surface area contributed by atoms with Crippen LogP contribution in [0.3, 0.4) is 0 Å². The fourth-order valence-corrected chi connectivity index (χ4v) is 3.31. The minimum absolute atomic E-state index is 0.0665. The molecule has 0 aromatic rings. The summed E-state index contributed by atoms with van der Waals surface area (Å²) in [4.78, 5) is 0. The maximum atomic E-state index is 11.2. The van der Waals surface area contributed by atoms with Gasteiger partial charge in [0, 0.05) is 0 Å². The molecule has 0 spiro atoms. The SMILES string of the molecule is CC(C)CC(OC(CC(C)C)S(=O)(=O)O)S(=O)(=O)O. The van der Waals surface area contributed by atoms with Gasteiger partial charge in [-0.05, 0) is 24.7 Å². The van der Waals surface area contributed by atoms with E-state index < -0.39 is 31.1 Å². The van der Waals surface area contributed by atoms with Crippen molar-refractivity contribution in [2.24, 2.45) is 11.8 Å². The quantitative estimate of drug-likeness (QED) is 0.651. The second kappa shape index (κ2) is 6.98. The standard InChI is InChI=1S/C10H22O7S2/c1-7(2)5-9(18(11,12)13)17-10(6-8(3)4)19(14,15)16/h7-10H,5-6H2,1-4H3,(H,11,12,13)(H,14,15,16). The van der Waals surface area contributed by atoms with Crippen molar-refractivity contribution in [2.75, 3.05) is 0 Å². The van der Waals surface area contributed by atoms with E-state index in [9.17, 15) is 16.8 Å². The van der Waals surface area contributed by atoms with Crippen molar-refractivity contribution in [1.29, 1.82) is 0 Å². The first-order chi connectivity index (χ1) is 8.34. The molecule has 2 atom stereocenters.